The number of unbranched alkanes of at least 4 members (excludes halogenated alkanes) is 1. The summed E-state index contributed by atoms with van der Waals surface area (Å²) in [6, 6.07) is 6.53. The molecule has 0 saturated carbocycles. The number of carboxylic acids is 1. The maximum Gasteiger partial charge on any atom is 0.317 e. The monoisotopic (exact) mass is 378 g/mol. The lowest BCUT2D eigenvalue weighted by molar-refractivity contribution is -0.138. The summed E-state index contributed by atoms with van der Waals surface area (Å²) in [7, 11) is 3.59. The number of carbonyl (C=O) groups is 1. The molecule has 0 radical (unpaired) electrons. The number of ether oxygens (including phenoxy) is 2. The minimum Gasteiger partial charge on any atom is -0.493 e. The van der Waals surface area contributed by atoms with Gasteiger partial charge in [0.05, 0.1) is 20.3 Å². The second-order valence-electron chi connectivity index (χ2n) is 7.36. The maximum atomic E-state index is 10.9. The van der Waals surface area contributed by atoms with Crippen molar-refractivity contribution in [3.63, 3.8) is 0 Å². The fourth-order valence-corrected chi connectivity index (χ4v) is 3.59. The van der Waals surface area contributed by atoms with Gasteiger partial charge in [-0.15, -0.1) is 0 Å². The quantitative estimate of drug-likeness (QED) is 0.631. The second-order valence-corrected chi connectivity index (χ2v) is 7.36. The molecule has 152 valence electrons. The molecule has 0 aliphatic carbocycles. The molecule has 6 heteroatoms. The van der Waals surface area contributed by atoms with Crippen molar-refractivity contribution in [2.75, 3.05) is 40.4 Å². The Morgan fingerprint density at radius 3 is 2.81 bits per heavy atom. The van der Waals surface area contributed by atoms with Crippen molar-refractivity contribution < 1.29 is 19.4 Å². The topological polar surface area (TPSA) is 62.2 Å². The highest BCUT2D eigenvalue weighted by Gasteiger charge is 2.22. The van der Waals surface area contributed by atoms with Gasteiger partial charge >= 0.3 is 5.97 Å². The standard InChI is InChI=1S/C21H34N2O4/c1-4-5-13-27-19-9-8-17(14-20(19)26-3)15-23-11-6-7-18(10-12-23)22(2)16-21(24)25/h8-9,14,18H,4-7,10-13,15-16H2,1-3H3,(H,24,25). The van der Waals surface area contributed by atoms with E-state index in [0.29, 0.717) is 12.6 Å². The first-order valence-corrected chi connectivity index (χ1v) is 9.97. The van der Waals surface area contributed by atoms with Gasteiger partial charge in [0, 0.05) is 12.6 Å². The smallest absolute Gasteiger partial charge is 0.317 e. The molecule has 1 unspecified atom stereocenters. The normalized spacial score (nSPS) is 18.3. The molecule has 1 aliphatic heterocycles. The van der Waals surface area contributed by atoms with Gasteiger partial charge in [0.15, 0.2) is 11.5 Å². The Morgan fingerprint density at radius 2 is 2.11 bits per heavy atom. The van der Waals surface area contributed by atoms with E-state index in [-0.39, 0.29) is 6.54 Å². The van der Waals surface area contributed by atoms with Crippen LogP contribution in [-0.4, -0.2) is 67.3 Å². The van der Waals surface area contributed by atoms with Crippen molar-refractivity contribution in [2.24, 2.45) is 0 Å². The summed E-state index contributed by atoms with van der Waals surface area (Å²) in [5.41, 5.74) is 1.21. The number of hydrogen-bond donors (Lipinski definition) is 1. The van der Waals surface area contributed by atoms with E-state index in [1.807, 2.05) is 18.0 Å². The van der Waals surface area contributed by atoms with Crippen LogP contribution in [0.15, 0.2) is 18.2 Å². The van der Waals surface area contributed by atoms with Gasteiger partial charge in [-0.25, -0.2) is 0 Å². The van der Waals surface area contributed by atoms with Crippen LogP contribution in [0.5, 0.6) is 11.5 Å². The zero-order valence-corrected chi connectivity index (χ0v) is 16.9. The van der Waals surface area contributed by atoms with E-state index in [1.54, 1.807) is 7.11 Å². The molecule has 1 heterocycles. The van der Waals surface area contributed by atoms with Gasteiger partial charge in [-0.1, -0.05) is 19.4 Å². The van der Waals surface area contributed by atoms with Gasteiger partial charge < -0.3 is 14.6 Å². The molecule has 1 saturated heterocycles. The minimum absolute atomic E-state index is 0.112. The molecule has 0 spiro atoms. The summed E-state index contributed by atoms with van der Waals surface area (Å²) < 4.78 is 11.3. The van der Waals surface area contributed by atoms with E-state index in [9.17, 15) is 4.79 Å². The van der Waals surface area contributed by atoms with Crippen molar-refractivity contribution in [3.05, 3.63) is 23.8 Å². The van der Waals surface area contributed by atoms with Crippen molar-refractivity contribution >= 4 is 5.97 Å². The fourth-order valence-electron chi connectivity index (χ4n) is 3.59. The zero-order valence-electron chi connectivity index (χ0n) is 16.9. The predicted molar refractivity (Wildman–Crippen MR) is 107 cm³/mol. The Bertz CT molecular complexity index is 594. The summed E-state index contributed by atoms with van der Waals surface area (Å²) in [6.07, 6.45) is 5.28. The molecule has 1 aromatic rings. The van der Waals surface area contributed by atoms with Crippen LogP contribution in [0.1, 0.15) is 44.6 Å². The number of benzene rings is 1. The van der Waals surface area contributed by atoms with E-state index in [4.69, 9.17) is 14.6 Å². The number of methoxy groups -OCH3 is 1. The van der Waals surface area contributed by atoms with Crippen LogP contribution in [0.3, 0.4) is 0 Å². The van der Waals surface area contributed by atoms with E-state index in [0.717, 1.165) is 63.2 Å². The van der Waals surface area contributed by atoms with Crippen LogP contribution in [0.4, 0.5) is 0 Å². The van der Waals surface area contributed by atoms with E-state index < -0.39 is 5.97 Å². The highest BCUT2D eigenvalue weighted by molar-refractivity contribution is 5.69. The molecular formula is C21H34N2O4. The van der Waals surface area contributed by atoms with Gasteiger partial charge in [-0.2, -0.15) is 0 Å². The zero-order chi connectivity index (χ0) is 19.6. The average molecular weight is 379 g/mol. The van der Waals surface area contributed by atoms with Crippen LogP contribution in [0, 0.1) is 0 Å². The molecule has 1 aromatic carbocycles. The van der Waals surface area contributed by atoms with Crippen molar-refractivity contribution in [3.8, 4) is 11.5 Å². The predicted octanol–water partition coefficient (Wildman–Crippen LogP) is 3.25. The van der Waals surface area contributed by atoms with Crippen molar-refractivity contribution in [1.82, 2.24) is 9.80 Å². The van der Waals surface area contributed by atoms with Gasteiger partial charge in [-0.3, -0.25) is 14.6 Å². The van der Waals surface area contributed by atoms with Crippen LogP contribution in [0.2, 0.25) is 0 Å². The molecule has 0 aromatic heterocycles. The van der Waals surface area contributed by atoms with Gasteiger partial charge in [0.2, 0.25) is 0 Å². The lowest BCUT2D eigenvalue weighted by Crippen LogP contribution is -2.36. The first-order chi connectivity index (χ1) is 13.0. The molecule has 1 atom stereocenters. The van der Waals surface area contributed by atoms with E-state index in [1.165, 1.54) is 5.56 Å². The highest BCUT2D eigenvalue weighted by atomic mass is 16.5. The van der Waals surface area contributed by atoms with Crippen LogP contribution in [-0.2, 0) is 11.3 Å². The third-order valence-electron chi connectivity index (χ3n) is 5.19. The van der Waals surface area contributed by atoms with E-state index >= 15 is 0 Å². The number of likely N-dealkylation sites (N-methyl/N-ethyl adjacent to an activating group) is 1. The first-order valence-electron chi connectivity index (χ1n) is 9.97. The second kappa shape index (κ2) is 11.1. The molecular weight excluding hydrogens is 344 g/mol. The Morgan fingerprint density at radius 1 is 1.30 bits per heavy atom. The van der Waals surface area contributed by atoms with Crippen LogP contribution < -0.4 is 9.47 Å². The molecule has 27 heavy (non-hydrogen) atoms. The summed E-state index contributed by atoms with van der Waals surface area (Å²) >= 11 is 0. The number of hydrogen-bond acceptors (Lipinski definition) is 5. The van der Waals surface area contributed by atoms with Crippen molar-refractivity contribution in [2.45, 2.75) is 51.6 Å². The molecule has 6 nitrogen and oxygen atoms in total. The molecule has 1 N–H and O–H groups in total. The molecule has 1 fully saturated rings. The Kier molecular flexibility index (Phi) is 8.88. The largest absolute Gasteiger partial charge is 0.493 e. The third kappa shape index (κ3) is 7.03. The fraction of sp³-hybridized carbons (Fsp3) is 0.667. The first kappa shape index (κ1) is 21.5. The van der Waals surface area contributed by atoms with Gasteiger partial charge in [0.1, 0.15) is 0 Å². The Balaban J connectivity index is 1.91. The summed E-state index contributed by atoms with van der Waals surface area (Å²) in [6.45, 7) is 5.86. The van der Waals surface area contributed by atoms with Crippen molar-refractivity contribution in [1.29, 1.82) is 0 Å². The number of likely N-dealkylation sites (tertiary alicyclic amines) is 1. The highest BCUT2D eigenvalue weighted by Crippen LogP contribution is 2.29. The Hall–Kier alpha value is -1.79. The molecule has 1 aliphatic rings. The number of carboxylic acid groups (broad SMARTS) is 1. The number of nitrogens with zero attached hydrogens (tertiary/aromatic N) is 2. The van der Waals surface area contributed by atoms with E-state index in [2.05, 4.69) is 24.0 Å². The molecule has 2 rings (SSSR count). The lowest BCUT2D eigenvalue weighted by Gasteiger charge is -2.25. The summed E-state index contributed by atoms with van der Waals surface area (Å²) in [5, 5.41) is 9.00. The van der Waals surface area contributed by atoms with Crippen LogP contribution >= 0.6 is 0 Å². The maximum absolute atomic E-state index is 10.9. The molecule has 0 amide bonds. The number of aliphatic carboxylic acids is 1. The van der Waals surface area contributed by atoms with Gasteiger partial charge in [0.25, 0.3) is 0 Å². The molecule has 0 bridgehead atoms. The van der Waals surface area contributed by atoms with Gasteiger partial charge in [-0.05, 0) is 63.5 Å². The summed E-state index contributed by atoms with van der Waals surface area (Å²) in [5.74, 6) is 0.838. The minimum atomic E-state index is -0.757. The number of rotatable bonds is 10. The van der Waals surface area contributed by atoms with Crippen LogP contribution in [0.25, 0.3) is 0 Å². The Labute approximate surface area is 163 Å². The average Bonchev–Trinajstić information content (AvgIpc) is 2.88. The SMILES string of the molecule is CCCCOc1ccc(CN2CCCC(N(C)CC(=O)O)CC2)cc1OC. The lowest BCUT2D eigenvalue weighted by atomic mass is 10.1. The summed E-state index contributed by atoms with van der Waals surface area (Å²) in [4.78, 5) is 15.4. The third-order valence-corrected chi connectivity index (χ3v) is 5.19.